The van der Waals surface area contributed by atoms with Crippen LogP contribution in [0.15, 0.2) is 41.0 Å². The summed E-state index contributed by atoms with van der Waals surface area (Å²) in [5.74, 6) is 2.25. The van der Waals surface area contributed by atoms with E-state index in [4.69, 9.17) is 16.6 Å². The monoisotopic (exact) mass is 517 g/mol. The number of nitrogens with one attached hydrogen (secondary N) is 1. The van der Waals surface area contributed by atoms with Gasteiger partial charge in [0.15, 0.2) is 5.65 Å². The summed E-state index contributed by atoms with van der Waals surface area (Å²) in [5.41, 5.74) is 2.44. The summed E-state index contributed by atoms with van der Waals surface area (Å²) in [7, 11) is 0. The second-order valence-corrected chi connectivity index (χ2v) is 10.1. The van der Waals surface area contributed by atoms with Crippen molar-refractivity contribution in [3.63, 3.8) is 0 Å². The quantitative estimate of drug-likeness (QED) is 0.423. The molecular formula is C24H29BrClN5O. The fourth-order valence-corrected chi connectivity index (χ4v) is 4.66. The van der Waals surface area contributed by atoms with Crippen molar-refractivity contribution in [1.29, 1.82) is 0 Å². The Bertz CT molecular complexity index is 1090. The Hall–Kier alpha value is -2.12. The van der Waals surface area contributed by atoms with Gasteiger partial charge in [-0.1, -0.05) is 43.6 Å². The number of aromatic nitrogens is 3. The molecule has 1 N–H and O–H groups in total. The van der Waals surface area contributed by atoms with E-state index in [9.17, 15) is 4.79 Å². The lowest BCUT2D eigenvalue weighted by molar-refractivity contribution is -0.132. The SMILES string of the molecule is CC(C)CCC(=O)N1CCC(CNc2cc(-c3ccccc3Cl)nc3c(Br)cnn23)CC1. The van der Waals surface area contributed by atoms with E-state index in [1.54, 1.807) is 6.20 Å². The van der Waals surface area contributed by atoms with Crippen molar-refractivity contribution in [3.8, 4) is 11.3 Å². The van der Waals surface area contributed by atoms with Crippen LogP contribution in [0.2, 0.25) is 5.02 Å². The first-order chi connectivity index (χ1) is 15.4. The van der Waals surface area contributed by atoms with Crippen molar-refractivity contribution in [3.05, 3.63) is 46.0 Å². The van der Waals surface area contributed by atoms with Crippen molar-refractivity contribution in [2.24, 2.45) is 11.8 Å². The summed E-state index contributed by atoms with van der Waals surface area (Å²) in [5, 5.41) is 8.71. The summed E-state index contributed by atoms with van der Waals surface area (Å²) in [4.78, 5) is 19.2. The Balaban J connectivity index is 1.44. The smallest absolute Gasteiger partial charge is 0.222 e. The molecule has 0 saturated carbocycles. The van der Waals surface area contributed by atoms with Crippen LogP contribution in [0.5, 0.6) is 0 Å². The molecule has 2 aromatic heterocycles. The highest BCUT2D eigenvalue weighted by atomic mass is 79.9. The first-order valence-electron chi connectivity index (χ1n) is 11.2. The molecule has 1 amide bonds. The number of benzene rings is 1. The Labute approximate surface area is 202 Å². The number of rotatable bonds is 7. The van der Waals surface area contributed by atoms with Gasteiger partial charge in [-0.25, -0.2) is 4.98 Å². The van der Waals surface area contributed by atoms with Gasteiger partial charge in [0.25, 0.3) is 0 Å². The second kappa shape index (κ2) is 10.2. The number of hydrogen-bond acceptors (Lipinski definition) is 4. The second-order valence-electron chi connectivity index (χ2n) is 8.87. The van der Waals surface area contributed by atoms with Gasteiger partial charge in [-0.3, -0.25) is 4.79 Å². The molecule has 1 fully saturated rings. The molecule has 0 bridgehead atoms. The standard InChI is InChI=1S/C24H29BrClN5O/c1-16(2)7-8-23(32)30-11-9-17(10-12-30)14-27-22-13-21(18-5-3-4-6-20(18)26)29-24-19(25)15-28-31(22)24/h3-6,13,15-17,27H,7-12,14H2,1-2H3. The predicted octanol–water partition coefficient (Wildman–Crippen LogP) is 5.90. The van der Waals surface area contributed by atoms with E-state index in [0.717, 1.165) is 66.1 Å². The van der Waals surface area contributed by atoms with Crippen LogP contribution < -0.4 is 5.32 Å². The van der Waals surface area contributed by atoms with E-state index in [0.29, 0.717) is 29.2 Å². The number of carbonyl (C=O) groups is 1. The Morgan fingerprint density at radius 3 is 2.75 bits per heavy atom. The molecule has 32 heavy (non-hydrogen) atoms. The third kappa shape index (κ3) is 5.26. The van der Waals surface area contributed by atoms with Crippen LogP contribution in [0.1, 0.15) is 39.5 Å². The predicted molar refractivity (Wildman–Crippen MR) is 133 cm³/mol. The Morgan fingerprint density at radius 2 is 2.03 bits per heavy atom. The molecule has 0 radical (unpaired) electrons. The van der Waals surface area contributed by atoms with Gasteiger partial charge in [0, 0.05) is 42.7 Å². The fourth-order valence-electron chi connectivity index (χ4n) is 4.07. The van der Waals surface area contributed by atoms with Crippen molar-refractivity contribution in [2.45, 2.75) is 39.5 Å². The molecule has 1 aliphatic rings. The van der Waals surface area contributed by atoms with Gasteiger partial charge in [-0.2, -0.15) is 9.61 Å². The number of hydrogen-bond donors (Lipinski definition) is 1. The molecule has 170 valence electrons. The molecule has 6 nitrogen and oxygen atoms in total. The molecule has 1 aromatic carbocycles. The molecule has 1 aliphatic heterocycles. The van der Waals surface area contributed by atoms with Crippen LogP contribution in [0, 0.1) is 11.8 Å². The zero-order chi connectivity index (χ0) is 22.7. The molecule has 0 aliphatic carbocycles. The van der Waals surface area contributed by atoms with Crippen molar-refractivity contribution >= 4 is 44.9 Å². The molecule has 8 heteroatoms. The van der Waals surface area contributed by atoms with E-state index >= 15 is 0 Å². The molecule has 4 rings (SSSR count). The van der Waals surface area contributed by atoms with Crippen molar-refractivity contribution < 1.29 is 4.79 Å². The highest BCUT2D eigenvalue weighted by Crippen LogP contribution is 2.30. The third-order valence-corrected chi connectivity index (χ3v) is 6.94. The van der Waals surface area contributed by atoms with Crippen molar-refractivity contribution in [1.82, 2.24) is 19.5 Å². The van der Waals surface area contributed by atoms with Gasteiger partial charge < -0.3 is 10.2 Å². The molecular weight excluding hydrogens is 490 g/mol. The molecule has 3 aromatic rings. The summed E-state index contributed by atoms with van der Waals surface area (Å²) in [6, 6.07) is 9.72. The van der Waals surface area contributed by atoms with Crippen LogP contribution in [-0.4, -0.2) is 45.0 Å². The number of amides is 1. The first-order valence-corrected chi connectivity index (χ1v) is 12.4. The number of carbonyl (C=O) groups excluding carboxylic acids is 1. The number of fused-ring (bicyclic) bond motifs is 1. The van der Waals surface area contributed by atoms with Crippen LogP contribution >= 0.6 is 27.5 Å². The van der Waals surface area contributed by atoms with Gasteiger partial charge in [0.2, 0.25) is 5.91 Å². The van der Waals surface area contributed by atoms with Crippen LogP contribution in [0.3, 0.4) is 0 Å². The summed E-state index contributed by atoms with van der Waals surface area (Å²) in [6.45, 7) is 6.83. The van der Waals surface area contributed by atoms with Gasteiger partial charge in [-0.05, 0) is 53.1 Å². The number of likely N-dealkylation sites (tertiary alicyclic amines) is 1. The van der Waals surface area contributed by atoms with E-state index in [-0.39, 0.29) is 0 Å². The van der Waals surface area contributed by atoms with Gasteiger partial charge in [0.05, 0.1) is 16.4 Å². The maximum Gasteiger partial charge on any atom is 0.222 e. The van der Waals surface area contributed by atoms with E-state index in [1.165, 1.54) is 0 Å². The maximum absolute atomic E-state index is 12.4. The van der Waals surface area contributed by atoms with Gasteiger partial charge >= 0.3 is 0 Å². The van der Waals surface area contributed by atoms with Crippen LogP contribution in [-0.2, 0) is 4.79 Å². The van der Waals surface area contributed by atoms with Crippen LogP contribution in [0.25, 0.3) is 16.9 Å². The lowest BCUT2D eigenvalue weighted by Crippen LogP contribution is -2.40. The highest BCUT2D eigenvalue weighted by molar-refractivity contribution is 9.10. The number of halogens is 2. The van der Waals surface area contributed by atoms with Crippen molar-refractivity contribution in [2.75, 3.05) is 25.0 Å². The third-order valence-electron chi connectivity index (χ3n) is 6.05. The van der Waals surface area contributed by atoms with E-state index in [1.807, 2.05) is 39.7 Å². The highest BCUT2D eigenvalue weighted by Gasteiger charge is 2.23. The molecule has 0 spiro atoms. The van der Waals surface area contributed by atoms with E-state index < -0.39 is 0 Å². The minimum Gasteiger partial charge on any atom is -0.370 e. The Morgan fingerprint density at radius 1 is 1.28 bits per heavy atom. The minimum absolute atomic E-state index is 0.298. The average Bonchev–Trinajstić information content (AvgIpc) is 3.17. The lowest BCUT2D eigenvalue weighted by atomic mass is 9.96. The summed E-state index contributed by atoms with van der Waals surface area (Å²) >= 11 is 9.98. The van der Waals surface area contributed by atoms with Gasteiger partial charge in [0.1, 0.15) is 5.82 Å². The first kappa shape index (κ1) is 23.1. The fraction of sp³-hybridized carbons (Fsp3) is 0.458. The average molecular weight is 519 g/mol. The number of nitrogens with zero attached hydrogens (tertiary/aromatic N) is 4. The zero-order valence-electron chi connectivity index (χ0n) is 18.5. The van der Waals surface area contributed by atoms with Crippen LogP contribution in [0.4, 0.5) is 5.82 Å². The summed E-state index contributed by atoms with van der Waals surface area (Å²) in [6.07, 6.45) is 5.40. The van der Waals surface area contributed by atoms with E-state index in [2.05, 4.69) is 40.2 Å². The maximum atomic E-state index is 12.4. The number of anilines is 1. The zero-order valence-corrected chi connectivity index (χ0v) is 20.9. The molecule has 0 unspecified atom stereocenters. The minimum atomic E-state index is 0.298. The Kier molecular flexibility index (Phi) is 7.36. The molecule has 0 atom stereocenters. The largest absolute Gasteiger partial charge is 0.370 e. The lowest BCUT2D eigenvalue weighted by Gasteiger charge is -2.32. The topological polar surface area (TPSA) is 62.5 Å². The van der Waals surface area contributed by atoms with Gasteiger partial charge in [-0.15, -0.1) is 0 Å². The normalized spacial score (nSPS) is 15.0. The molecule has 1 saturated heterocycles. The number of piperidine rings is 1. The molecule has 3 heterocycles. The summed E-state index contributed by atoms with van der Waals surface area (Å²) < 4.78 is 2.65.